The number of nitrogens with zero attached hydrogens (tertiary/aromatic N) is 2. The number of carbonyl (C=O) groups is 2. The second kappa shape index (κ2) is 10.7. The van der Waals surface area contributed by atoms with Crippen LogP contribution in [0.2, 0.25) is 0 Å². The topological polar surface area (TPSA) is 68.7 Å². The fraction of sp³-hybridized carbons (Fsp3) is 0.480. The van der Waals surface area contributed by atoms with Crippen molar-refractivity contribution < 1.29 is 36.6 Å². The van der Waals surface area contributed by atoms with Crippen molar-refractivity contribution in [1.29, 1.82) is 0 Å². The Bertz CT molecular complexity index is 1030. The van der Waals surface area contributed by atoms with Crippen molar-refractivity contribution in [3.8, 4) is 5.88 Å². The van der Waals surface area contributed by atoms with Crippen molar-refractivity contribution in [3.63, 3.8) is 0 Å². The summed E-state index contributed by atoms with van der Waals surface area (Å²) in [7, 11) is 0. The van der Waals surface area contributed by atoms with Crippen LogP contribution in [0.25, 0.3) is 0 Å². The van der Waals surface area contributed by atoms with Crippen molar-refractivity contribution in [1.82, 2.24) is 9.88 Å². The molecule has 1 aliphatic heterocycles. The Morgan fingerprint density at radius 2 is 1.77 bits per heavy atom. The molecule has 2 aliphatic rings. The minimum Gasteiger partial charge on any atom is -0.475 e. The second-order valence-electron chi connectivity index (χ2n) is 8.84. The maximum Gasteiger partial charge on any atom is 0.417 e. The van der Waals surface area contributed by atoms with Gasteiger partial charge in [-0.25, -0.2) is 9.37 Å². The van der Waals surface area contributed by atoms with Crippen LogP contribution in [0.15, 0.2) is 42.6 Å². The van der Waals surface area contributed by atoms with E-state index in [1.54, 1.807) is 4.90 Å². The number of ketones is 1. The van der Waals surface area contributed by atoms with Crippen molar-refractivity contribution in [2.45, 2.75) is 38.0 Å². The number of morpholine rings is 1. The maximum absolute atomic E-state index is 13.4. The number of ether oxygens (including phenoxy) is 2. The molecule has 6 nitrogen and oxygen atoms in total. The van der Waals surface area contributed by atoms with Crippen LogP contribution in [0.1, 0.15) is 41.6 Å². The molecule has 3 atom stereocenters. The number of amides is 1. The van der Waals surface area contributed by atoms with Crippen LogP contribution in [0.3, 0.4) is 0 Å². The Morgan fingerprint density at radius 1 is 1.06 bits per heavy atom. The Morgan fingerprint density at radius 3 is 2.43 bits per heavy atom. The quantitative estimate of drug-likeness (QED) is 0.436. The molecule has 0 radical (unpaired) electrons. The summed E-state index contributed by atoms with van der Waals surface area (Å²) >= 11 is 0. The molecular formula is C25H26F4N2O4. The zero-order valence-corrected chi connectivity index (χ0v) is 19.0. The number of halogens is 4. The molecule has 1 aliphatic carbocycles. The van der Waals surface area contributed by atoms with Crippen LogP contribution in [-0.4, -0.2) is 54.0 Å². The Hall–Kier alpha value is -3.01. The average Bonchev–Trinajstić information content (AvgIpc) is 2.87. The van der Waals surface area contributed by atoms with E-state index in [1.165, 1.54) is 24.3 Å². The molecule has 2 aromatic rings. The summed E-state index contributed by atoms with van der Waals surface area (Å²) in [6.07, 6.45) is -1.36. The molecule has 1 saturated heterocycles. The van der Waals surface area contributed by atoms with Gasteiger partial charge in [0.15, 0.2) is 5.78 Å². The molecular weight excluding hydrogens is 468 g/mol. The van der Waals surface area contributed by atoms with Crippen LogP contribution < -0.4 is 4.74 Å². The molecule has 1 amide bonds. The predicted octanol–water partition coefficient (Wildman–Crippen LogP) is 4.54. The number of aromatic nitrogens is 1. The van der Waals surface area contributed by atoms with Gasteiger partial charge in [-0.15, -0.1) is 0 Å². The van der Waals surface area contributed by atoms with E-state index in [4.69, 9.17) is 9.47 Å². The number of hydrogen-bond acceptors (Lipinski definition) is 5. The van der Waals surface area contributed by atoms with E-state index in [2.05, 4.69) is 4.98 Å². The van der Waals surface area contributed by atoms with Gasteiger partial charge in [0.2, 0.25) is 11.8 Å². The normalized spacial score (nSPS) is 23.1. The summed E-state index contributed by atoms with van der Waals surface area (Å²) in [6, 6.07) is 7.41. The molecule has 1 saturated carbocycles. The molecule has 2 heterocycles. The van der Waals surface area contributed by atoms with Gasteiger partial charge in [0.1, 0.15) is 18.5 Å². The van der Waals surface area contributed by atoms with Gasteiger partial charge in [0, 0.05) is 36.2 Å². The Balaban J connectivity index is 1.36. The standard InChI is InChI=1S/C25H26F4N2O4/c26-18-8-5-16(6-9-18)23(32)20-3-1-2-4-21(20)24(33)31-11-12-34-19(14-31)15-35-22-10-7-17(13-30-22)25(27,28)29/h5-10,13,19-21H,1-4,11-12,14-15H2/t19?,20-,21-/m1/s1. The van der Waals surface area contributed by atoms with E-state index in [0.717, 1.165) is 25.0 Å². The third kappa shape index (κ3) is 6.17. The van der Waals surface area contributed by atoms with E-state index in [1.807, 2.05) is 0 Å². The molecule has 0 bridgehead atoms. The van der Waals surface area contributed by atoms with Crippen molar-refractivity contribution >= 4 is 11.7 Å². The third-order valence-corrected chi connectivity index (χ3v) is 6.48. The van der Waals surface area contributed by atoms with Crippen molar-refractivity contribution in [2.75, 3.05) is 26.3 Å². The van der Waals surface area contributed by atoms with E-state index in [0.29, 0.717) is 31.1 Å². The van der Waals surface area contributed by atoms with Gasteiger partial charge in [0.05, 0.1) is 18.7 Å². The number of pyridine rings is 1. The molecule has 1 aromatic heterocycles. The average molecular weight is 494 g/mol. The smallest absolute Gasteiger partial charge is 0.417 e. The van der Waals surface area contributed by atoms with Gasteiger partial charge in [-0.1, -0.05) is 12.8 Å². The number of rotatable bonds is 6. The van der Waals surface area contributed by atoms with Gasteiger partial charge >= 0.3 is 6.18 Å². The summed E-state index contributed by atoms with van der Waals surface area (Å²) < 4.78 is 62.5. The van der Waals surface area contributed by atoms with Gasteiger partial charge in [-0.3, -0.25) is 9.59 Å². The third-order valence-electron chi connectivity index (χ3n) is 6.48. The number of alkyl halides is 3. The summed E-state index contributed by atoms with van der Waals surface area (Å²) in [5.41, 5.74) is -0.471. The first-order valence-corrected chi connectivity index (χ1v) is 11.6. The van der Waals surface area contributed by atoms with E-state index in [9.17, 15) is 27.2 Å². The molecule has 10 heteroatoms. The molecule has 0 spiro atoms. The number of hydrogen-bond donors (Lipinski definition) is 0. The Kier molecular flexibility index (Phi) is 7.69. The highest BCUT2D eigenvalue weighted by atomic mass is 19.4. The van der Waals surface area contributed by atoms with E-state index >= 15 is 0 Å². The van der Waals surface area contributed by atoms with E-state index in [-0.39, 0.29) is 37.3 Å². The van der Waals surface area contributed by atoms with Gasteiger partial charge in [-0.05, 0) is 43.2 Å². The van der Waals surface area contributed by atoms with Crippen LogP contribution >= 0.6 is 0 Å². The van der Waals surface area contributed by atoms with Crippen molar-refractivity contribution in [2.24, 2.45) is 11.8 Å². The van der Waals surface area contributed by atoms with Gasteiger partial charge in [-0.2, -0.15) is 13.2 Å². The summed E-state index contributed by atoms with van der Waals surface area (Å²) in [5, 5.41) is 0. The predicted molar refractivity (Wildman–Crippen MR) is 117 cm³/mol. The first-order valence-electron chi connectivity index (χ1n) is 11.6. The molecule has 0 N–H and O–H groups in total. The van der Waals surface area contributed by atoms with Crippen LogP contribution in [0, 0.1) is 17.7 Å². The van der Waals surface area contributed by atoms with Crippen LogP contribution in [0.4, 0.5) is 17.6 Å². The number of Topliss-reactive ketones (excluding diaryl/α,β-unsaturated/α-hetero) is 1. The van der Waals surface area contributed by atoms with Crippen molar-refractivity contribution in [3.05, 3.63) is 59.5 Å². The highest BCUT2D eigenvalue weighted by molar-refractivity contribution is 6.00. The molecule has 2 fully saturated rings. The first-order chi connectivity index (χ1) is 16.7. The lowest BCUT2D eigenvalue weighted by Gasteiger charge is -2.38. The lowest BCUT2D eigenvalue weighted by Crippen LogP contribution is -2.51. The molecule has 4 rings (SSSR count). The van der Waals surface area contributed by atoms with Gasteiger partial charge in [0.25, 0.3) is 0 Å². The van der Waals surface area contributed by atoms with Crippen LogP contribution in [0.5, 0.6) is 5.88 Å². The zero-order valence-electron chi connectivity index (χ0n) is 19.0. The maximum atomic E-state index is 13.4. The summed E-state index contributed by atoms with van der Waals surface area (Å²) in [5.74, 6) is -1.59. The SMILES string of the molecule is O=C(c1ccc(F)cc1)[C@@H]1CCCC[C@H]1C(=O)N1CCOC(COc2ccc(C(F)(F)F)cn2)C1. The monoisotopic (exact) mass is 494 g/mol. The fourth-order valence-corrected chi connectivity index (χ4v) is 4.64. The molecule has 1 unspecified atom stereocenters. The van der Waals surface area contributed by atoms with Crippen LogP contribution in [-0.2, 0) is 15.7 Å². The fourth-order valence-electron chi connectivity index (χ4n) is 4.64. The summed E-state index contributed by atoms with van der Waals surface area (Å²) in [4.78, 5) is 31.9. The molecule has 35 heavy (non-hydrogen) atoms. The number of carbonyl (C=O) groups excluding carboxylic acids is 2. The lowest BCUT2D eigenvalue weighted by molar-refractivity contribution is -0.146. The largest absolute Gasteiger partial charge is 0.475 e. The second-order valence-corrected chi connectivity index (χ2v) is 8.84. The Labute approximate surface area is 200 Å². The highest BCUT2D eigenvalue weighted by Crippen LogP contribution is 2.34. The van der Waals surface area contributed by atoms with E-state index < -0.39 is 35.5 Å². The number of benzene rings is 1. The molecule has 188 valence electrons. The van der Waals surface area contributed by atoms with Gasteiger partial charge < -0.3 is 14.4 Å². The molecule has 1 aromatic carbocycles. The minimum absolute atomic E-state index is 0.0186. The summed E-state index contributed by atoms with van der Waals surface area (Å²) in [6.45, 7) is 0.920. The highest BCUT2D eigenvalue weighted by Gasteiger charge is 2.39. The first kappa shape index (κ1) is 25.1. The minimum atomic E-state index is -4.48. The zero-order chi connectivity index (χ0) is 25.0. The lowest BCUT2D eigenvalue weighted by atomic mass is 9.74.